The summed E-state index contributed by atoms with van der Waals surface area (Å²) in [4.78, 5) is 30.2. The molecule has 0 saturated carbocycles. The molecule has 32 heavy (non-hydrogen) atoms. The number of guanidine groups is 1. The average molecular weight is 443 g/mol. The number of fused-ring (bicyclic) bond motifs is 1. The highest BCUT2D eigenvalue weighted by molar-refractivity contribution is 5.87. The summed E-state index contributed by atoms with van der Waals surface area (Å²) in [5.41, 5.74) is 8.82. The van der Waals surface area contributed by atoms with E-state index in [0.29, 0.717) is 19.0 Å². The summed E-state index contributed by atoms with van der Waals surface area (Å²) >= 11 is 0. The maximum atomic E-state index is 12.5. The fraction of sp³-hybridized carbons (Fsp3) is 0.654. The lowest BCUT2D eigenvalue weighted by Crippen LogP contribution is -2.38. The molecule has 1 aliphatic carbocycles. The molecule has 0 aliphatic heterocycles. The first-order valence-electron chi connectivity index (χ1n) is 12.5. The SMILES string of the molecule is CCCCC(CCCC)N=C(N)N(C=O)CCCCNC(=O)C1CCc2ccccc2C1. The highest BCUT2D eigenvalue weighted by Crippen LogP contribution is 2.25. The fourth-order valence-electron chi connectivity index (χ4n) is 4.32. The highest BCUT2D eigenvalue weighted by atomic mass is 16.2. The summed E-state index contributed by atoms with van der Waals surface area (Å²) in [6.07, 6.45) is 11.6. The monoisotopic (exact) mass is 442 g/mol. The van der Waals surface area contributed by atoms with E-state index in [2.05, 4.69) is 42.4 Å². The molecule has 1 unspecified atom stereocenters. The van der Waals surface area contributed by atoms with Crippen LogP contribution in [-0.4, -0.2) is 42.3 Å². The van der Waals surface area contributed by atoms with Crippen LogP contribution in [0.25, 0.3) is 0 Å². The Hall–Kier alpha value is -2.37. The van der Waals surface area contributed by atoms with Gasteiger partial charge < -0.3 is 11.1 Å². The molecule has 3 N–H and O–H groups in total. The Bertz CT molecular complexity index is 726. The Morgan fingerprint density at radius 1 is 1.16 bits per heavy atom. The van der Waals surface area contributed by atoms with Crippen LogP contribution in [0.15, 0.2) is 29.3 Å². The molecule has 0 aromatic heterocycles. The number of carbonyl (C=O) groups is 2. The first-order valence-corrected chi connectivity index (χ1v) is 12.5. The minimum atomic E-state index is 0.0577. The first kappa shape index (κ1) is 25.9. The number of hydrogen-bond donors (Lipinski definition) is 2. The molecular formula is C26H42N4O2. The van der Waals surface area contributed by atoms with Gasteiger partial charge in [-0.1, -0.05) is 63.8 Å². The van der Waals surface area contributed by atoms with Crippen molar-refractivity contribution in [2.75, 3.05) is 13.1 Å². The Kier molecular flexibility index (Phi) is 11.8. The van der Waals surface area contributed by atoms with Crippen LogP contribution in [0.1, 0.15) is 82.8 Å². The molecular weight excluding hydrogens is 400 g/mol. The van der Waals surface area contributed by atoms with E-state index in [1.807, 2.05) is 6.07 Å². The third-order valence-corrected chi connectivity index (χ3v) is 6.36. The van der Waals surface area contributed by atoms with Crippen LogP contribution in [0.5, 0.6) is 0 Å². The maximum Gasteiger partial charge on any atom is 0.223 e. The lowest BCUT2D eigenvalue weighted by molar-refractivity contribution is -0.125. The van der Waals surface area contributed by atoms with Crippen LogP contribution in [0, 0.1) is 5.92 Å². The molecule has 1 atom stereocenters. The summed E-state index contributed by atoms with van der Waals surface area (Å²) < 4.78 is 0. The molecule has 178 valence electrons. The third kappa shape index (κ3) is 8.64. The van der Waals surface area contributed by atoms with Gasteiger partial charge >= 0.3 is 0 Å². The molecule has 0 bridgehead atoms. The summed E-state index contributed by atoms with van der Waals surface area (Å²) in [5, 5.41) is 3.08. The number of benzene rings is 1. The number of aliphatic imine (C=N–C) groups is 1. The number of aryl methyl sites for hydroxylation is 1. The van der Waals surface area contributed by atoms with Crippen molar-refractivity contribution in [2.24, 2.45) is 16.6 Å². The second kappa shape index (κ2) is 14.6. The van der Waals surface area contributed by atoms with E-state index in [1.165, 1.54) is 16.0 Å². The second-order valence-corrected chi connectivity index (χ2v) is 8.93. The highest BCUT2D eigenvalue weighted by Gasteiger charge is 2.24. The summed E-state index contributed by atoms with van der Waals surface area (Å²) in [6.45, 7) is 5.50. The zero-order valence-corrected chi connectivity index (χ0v) is 20.0. The van der Waals surface area contributed by atoms with Gasteiger partial charge in [-0.25, -0.2) is 4.99 Å². The van der Waals surface area contributed by atoms with Gasteiger partial charge in [0.2, 0.25) is 12.3 Å². The lowest BCUT2D eigenvalue weighted by Gasteiger charge is -2.24. The summed E-state index contributed by atoms with van der Waals surface area (Å²) in [7, 11) is 0. The molecule has 0 spiro atoms. The van der Waals surface area contributed by atoms with Gasteiger partial charge in [0.25, 0.3) is 0 Å². The van der Waals surface area contributed by atoms with Crippen molar-refractivity contribution in [2.45, 2.75) is 90.5 Å². The third-order valence-electron chi connectivity index (χ3n) is 6.36. The number of nitrogens with zero attached hydrogens (tertiary/aromatic N) is 2. The van der Waals surface area contributed by atoms with Crippen molar-refractivity contribution in [3.05, 3.63) is 35.4 Å². The van der Waals surface area contributed by atoms with Crippen LogP contribution >= 0.6 is 0 Å². The summed E-state index contributed by atoms with van der Waals surface area (Å²) in [6, 6.07) is 8.59. The normalized spacial score (nSPS) is 16.0. The van der Waals surface area contributed by atoms with Crippen LogP contribution in [-0.2, 0) is 22.4 Å². The number of carbonyl (C=O) groups excluding carboxylic acids is 2. The van der Waals surface area contributed by atoms with Gasteiger partial charge in [0.15, 0.2) is 5.96 Å². The first-order chi connectivity index (χ1) is 15.6. The van der Waals surface area contributed by atoms with Gasteiger partial charge in [-0.2, -0.15) is 0 Å². The Morgan fingerprint density at radius 3 is 2.50 bits per heavy atom. The van der Waals surface area contributed by atoms with E-state index in [1.54, 1.807) is 0 Å². The molecule has 0 heterocycles. The number of amides is 2. The van der Waals surface area contributed by atoms with Crippen molar-refractivity contribution < 1.29 is 9.59 Å². The molecule has 0 fully saturated rings. The van der Waals surface area contributed by atoms with Gasteiger partial charge in [0.05, 0.1) is 6.04 Å². The zero-order chi connectivity index (χ0) is 23.2. The molecule has 6 nitrogen and oxygen atoms in total. The standard InChI is InChI=1S/C26H42N4O2/c1-3-5-13-24(14-6-4-2)29-26(27)30(20-31)18-10-9-17-28-25(32)23-16-15-21-11-7-8-12-22(21)19-23/h7-8,11-12,20,23-24H,3-6,9-10,13-19H2,1-2H3,(H2,27,29)(H,28,32). The quantitative estimate of drug-likeness (QED) is 0.196. The van der Waals surface area contributed by atoms with Crippen LogP contribution in [0.4, 0.5) is 0 Å². The predicted molar refractivity (Wildman–Crippen MR) is 131 cm³/mol. The maximum absolute atomic E-state index is 12.5. The number of rotatable bonds is 14. The Morgan fingerprint density at radius 2 is 1.84 bits per heavy atom. The van der Waals surface area contributed by atoms with E-state index in [0.717, 1.165) is 77.0 Å². The largest absolute Gasteiger partial charge is 0.369 e. The van der Waals surface area contributed by atoms with Crippen molar-refractivity contribution in [3.63, 3.8) is 0 Å². The minimum absolute atomic E-state index is 0.0577. The number of unbranched alkanes of at least 4 members (excludes halogenated alkanes) is 3. The smallest absolute Gasteiger partial charge is 0.223 e. The molecule has 0 saturated heterocycles. The fourth-order valence-corrected chi connectivity index (χ4v) is 4.32. The molecule has 1 aliphatic rings. The van der Waals surface area contributed by atoms with Crippen molar-refractivity contribution >= 4 is 18.3 Å². The van der Waals surface area contributed by atoms with E-state index in [4.69, 9.17) is 5.73 Å². The van der Waals surface area contributed by atoms with Crippen LogP contribution < -0.4 is 11.1 Å². The van der Waals surface area contributed by atoms with E-state index >= 15 is 0 Å². The average Bonchev–Trinajstić information content (AvgIpc) is 2.82. The number of nitrogens with one attached hydrogen (secondary N) is 1. The molecule has 2 rings (SSSR count). The van der Waals surface area contributed by atoms with Gasteiger partial charge in [0, 0.05) is 19.0 Å². The predicted octanol–water partition coefficient (Wildman–Crippen LogP) is 4.21. The van der Waals surface area contributed by atoms with Crippen LogP contribution in [0.2, 0.25) is 0 Å². The van der Waals surface area contributed by atoms with Gasteiger partial charge in [-0.3, -0.25) is 14.5 Å². The molecule has 1 aromatic rings. The van der Waals surface area contributed by atoms with Gasteiger partial charge in [-0.15, -0.1) is 0 Å². The molecule has 0 radical (unpaired) electrons. The number of hydrogen-bond acceptors (Lipinski definition) is 3. The van der Waals surface area contributed by atoms with E-state index in [-0.39, 0.29) is 17.9 Å². The van der Waals surface area contributed by atoms with Gasteiger partial charge in [-0.05, 0) is 56.1 Å². The van der Waals surface area contributed by atoms with Crippen molar-refractivity contribution in [1.82, 2.24) is 10.2 Å². The van der Waals surface area contributed by atoms with E-state index in [9.17, 15) is 9.59 Å². The van der Waals surface area contributed by atoms with E-state index < -0.39 is 0 Å². The van der Waals surface area contributed by atoms with Crippen molar-refractivity contribution in [3.8, 4) is 0 Å². The minimum Gasteiger partial charge on any atom is -0.369 e. The molecule has 2 amide bonds. The molecule has 1 aromatic carbocycles. The Balaban J connectivity index is 1.71. The topological polar surface area (TPSA) is 87.8 Å². The number of nitrogens with two attached hydrogens (primary N) is 1. The second-order valence-electron chi connectivity index (χ2n) is 8.93. The zero-order valence-electron chi connectivity index (χ0n) is 20.0. The van der Waals surface area contributed by atoms with Crippen molar-refractivity contribution in [1.29, 1.82) is 0 Å². The summed E-state index contributed by atoms with van der Waals surface area (Å²) in [5.74, 6) is 0.520. The van der Waals surface area contributed by atoms with Gasteiger partial charge in [0.1, 0.15) is 0 Å². The van der Waals surface area contributed by atoms with Crippen LogP contribution in [0.3, 0.4) is 0 Å². The molecule has 6 heteroatoms. The Labute approximate surface area is 194 Å². The lowest BCUT2D eigenvalue weighted by atomic mass is 9.83.